The third kappa shape index (κ3) is 4.39. The molecule has 0 radical (unpaired) electrons. The summed E-state index contributed by atoms with van der Waals surface area (Å²) in [6, 6.07) is 6.64. The van der Waals surface area contributed by atoms with Crippen molar-refractivity contribution in [3.63, 3.8) is 0 Å². The van der Waals surface area contributed by atoms with Crippen LogP contribution in [0.25, 0.3) is 0 Å². The predicted octanol–water partition coefficient (Wildman–Crippen LogP) is 2.47. The van der Waals surface area contributed by atoms with E-state index in [0.29, 0.717) is 30.5 Å². The number of halogens is 1. The van der Waals surface area contributed by atoms with Crippen molar-refractivity contribution in [3.8, 4) is 5.88 Å². The molecule has 0 atom stereocenters. The lowest BCUT2D eigenvalue weighted by Gasteiger charge is -2.10. The van der Waals surface area contributed by atoms with Crippen molar-refractivity contribution in [2.24, 2.45) is 5.73 Å². The SMILES string of the molecule is CC(C)Oc1ccnc(NCc2ccc(CN)cc2F)n1. The number of ether oxygens (including phenoxy) is 1. The molecule has 2 aromatic rings. The Balaban J connectivity index is 2.02. The molecule has 1 aromatic heterocycles. The van der Waals surface area contributed by atoms with E-state index in [1.54, 1.807) is 24.4 Å². The van der Waals surface area contributed by atoms with Gasteiger partial charge in [0.05, 0.1) is 6.10 Å². The van der Waals surface area contributed by atoms with Crippen LogP contribution in [-0.2, 0) is 13.1 Å². The highest BCUT2D eigenvalue weighted by molar-refractivity contribution is 5.31. The Morgan fingerprint density at radius 2 is 2.14 bits per heavy atom. The molecule has 2 rings (SSSR count). The van der Waals surface area contributed by atoms with Crippen LogP contribution < -0.4 is 15.8 Å². The first kappa shape index (κ1) is 15.2. The molecule has 0 aliphatic carbocycles. The fraction of sp³-hybridized carbons (Fsp3) is 0.333. The van der Waals surface area contributed by atoms with Gasteiger partial charge in [-0.25, -0.2) is 9.37 Å². The van der Waals surface area contributed by atoms with Crippen molar-refractivity contribution in [2.45, 2.75) is 33.0 Å². The number of rotatable bonds is 6. The van der Waals surface area contributed by atoms with E-state index < -0.39 is 0 Å². The van der Waals surface area contributed by atoms with Crippen LogP contribution in [0.4, 0.5) is 10.3 Å². The predicted molar refractivity (Wildman–Crippen MR) is 79.4 cm³/mol. The number of hydrogen-bond acceptors (Lipinski definition) is 5. The molecule has 0 saturated heterocycles. The molecule has 6 heteroatoms. The first-order chi connectivity index (χ1) is 10.1. The minimum absolute atomic E-state index is 0.0361. The number of nitrogens with one attached hydrogen (secondary N) is 1. The number of anilines is 1. The van der Waals surface area contributed by atoms with Crippen molar-refractivity contribution in [3.05, 3.63) is 47.4 Å². The lowest BCUT2D eigenvalue weighted by molar-refractivity contribution is 0.232. The van der Waals surface area contributed by atoms with Gasteiger partial charge in [0.2, 0.25) is 11.8 Å². The zero-order chi connectivity index (χ0) is 15.2. The Labute approximate surface area is 123 Å². The Kier molecular flexibility index (Phi) is 5.05. The van der Waals surface area contributed by atoms with E-state index in [2.05, 4.69) is 15.3 Å². The molecule has 3 N–H and O–H groups in total. The van der Waals surface area contributed by atoms with E-state index >= 15 is 0 Å². The molecule has 0 aliphatic rings. The Morgan fingerprint density at radius 1 is 1.33 bits per heavy atom. The summed E-state index contributed by atoms with van der Waals surface area (Å²) in [6.07, 6.45) is 1.63. The van der Waals surface area contributed by atoms with Crippen LogP contribution in [0.1, 0.15) is 25.0 Å². The van der Waals surface area contributed by atoms with E-state index in [-0.39, 0.29) is 11.9 Å². The molecule has 0 amide bonds. The zero-order valence-corrected chi connectivity index (χ0v) is 12.1. The van der Waals surface area contributed by atoms with E-state index in [4.69, 9.17) is 10.5 Å². The third-order valence-corrected chi connectivity index (χ3v) is 2.78. The van der Waals surface area contributed by atoms with Gasteiger partial charge in [0.15, 0.2) is 0 Å². The van der Waals surface area contributed by atoms with Gasteiger partial charge in [-0.2, -0.15) is 4.98 Å². The van der Waals surface area contributed by atoms with E-state index in [0.717, 1.165) is 5.56 Å². The summed E-state index contributed by atoms with van der Waals surface area (Å²) in [4.78, 5) is 8.28. The fourth-order valence-corrected chi connectivity index (χ4v) is 1.77. The summed E-state index contributed by atoms with van der Waals surface area (Å²) in [5, 5.41) is 2.98. The highest BCUT2D eigenvalue weighted by atomic mass is 19.1. The number of nitrogens with two attached hydrogens (primary N) is 1. The standard InChI is InChI=1S/C15H19FN4O/c1-10(2)21-14-5-6-18-15(20-14)19-9-12-4-3-11(8-17)7-13(12)16/h3-7,10H,8-9,17H2,1-2H3,(H,18,19,20). The molecule has 0 aliphatic heterocycles. The fourth-order valence-electron chi connectivity index (χ4n) is 1.77. The summed E-state index contributed by atoms with van der Waals surface area (Å²) in [6.45, 7) is 4.46. The second-order valence-corrected chi connectivity index (χ2v) is 4.87. The van der Waals surface area contributed by atoms with E-state index in [1.807, 2.05) is 13.8 Å². The number of hydrogen-bond donors (Lipinski definition) is 2. The Bertz CT molecular complexity index is 604. The first-order valence-electron chi connectivity index (χ1n) is 6.79. The molecular weight excluding hydrogens is 271 g/mol. The molecule has 1 aromatic carbocycles. The van der Waals surface area contributed by atoms with Crippen LogP contribution in [0.15, 0.2) is 30.5 Å². The molecule has 5 nitrogen and oxygen atoms in total. The Morgan fingerprint density at radius 3 is 2.81 bits per heavy atom. The molecular formula is C15H19FN4O. The minimum atomic E-state index is -0.292. The number of aromatic nitrogens is 2. The lowest BCUT2D eigenvalue weighted by atomic mass is 10.1. The second kappa shape index (κ2) is 6.99. The van der Waals surface area contributed by atoms with E-state index in [9.17, 15) is 4.39 Å². The van der Waals surface area contributed by atoms with Gasteiger partial charge >= 0.3 is 0 Å². The summed E-state index contributed by atoms with van der Waals surface area (Å²) < 4.78 is 19.3. The van der Waals surface area contributed by atoms with Crippen LogP contribution in [0.2, 0.25) is 0 Å². The van der Waals surface area contributed by atoms with Crippen molar-refractivity contribution in [1.82, 2.24) is 9.97 Å². The van der Waals surface area contributed by atoms with Crippen LogP contribution in [0.3, 0.4) is 0 Å². The van der Waals surface area contributed by atoms with Crippen LogP contribution >= 0.6 is 0 Å². The maximum Gasteiger partial charge on any atom is 0.226 e. The van der Waals surface area contributed by atoms with Gasteiger partial charge in [0, 0.05) is 30.9 Å². The molecule has 21 heavy (non-hydrogen) atoms. The smallest absolute Gasteiger partial charge is 0.226 e. The van der Waals surface area contributed by atoms with Crippen LogP contribution in [-0.4, -0.2) is 16.1 Å². The van der Waals surface area contributed by atoms with Gasteiger partial charge in [0.25, 0.3) is 0 Å². The molecule has 0 bridgehead atoms. The zero-order valence-electron chi connectivity index (χ0n) is 12.1. The van der Waals surface area contributed by atoms with Crippen LogP contribution in [0.5, 0.6) is 5.88 Å². The topological polar surface area (TPSA) is 73.1 Å². The quantitative estimate of drug-likeness (QED) is 0.855. The van der Waals surface area contributed by atoms with Crippen molar-refractivity contribution < 1.29 is 9.13 Å². The maximum absolute atomic E-state index is 13.8. The monoisotopic (exact) mass is 290 g/mol. The highest BCUT2D eigenvalue weighted by Gasteiger charge is 2.05. The van der Waals surface area contributed by atoms with Crippen LogP contribution in [0, 0.1) is 5.82 Å². The summed E-state index contributed by atoms with van der Waals surface area (Å²) in [7, 11) is 0. The number of benzene rings is 1. The van der Waals surface area contributed by atoms with Gasteiger partial charge in [-0.15, -0.1) is 0 Å². The molecule has 112 valence electrons. The second-order valence-electron chi connectivity index (χ2n) is 4.87. The van der Waals surface area contributed by atoms with Crippen molar-refractivity contribution in [1.29, 1.82) is 0 Å². The molecule has 0 unspecified atom stereocenters. The molecule has 0 spiro atoms. The maximum atomic E-state index is 13.8. The average Bonchev–Trinajstić information content (AvgIpc) is 2.45. The van der Waals surface area contributed by atoms with E-state index in [1.165, 1.54) is 6.07 Å². The van der Waals surface area contributed by atoms with Gasteiger partial charge in [-0.05, 0) is 25.5 Å². The third-order valence-electron chi connectivity index (χ3n) is 2.78. The number of nitrogens with zero attached hydrogens (tertiary/aromatic N) is 2. The molecule has 1 heterocycles. The van der Waals surface area contributed by atoms with Gasteiger partial charge in [0.1, 0.15) is 5.82 Å². The lowest BCUT2D eigenvalue weighted by Crippen LogP contribution is -2.10. The molecule has 0 saturated carbocycles. The average molecular weight is 290 g/mol. The minimum Gasteiger partial charge on any atom is -0.475 e. The van der Waals surface area contributed by atoms with Gasteiger partial charge in [-0.1, -0.05) is 12.1 Å². The Hall–Kier alpha value is -2.21. The normalized spacial score (nSPS) is 10.7. The highest BCUT2D eigenvalue weighted by Crippen LogP contribution is 2.14. The van der Waals surface area contributed by atoms with Crippen molar-refractivity contribution in [2.75, 3.05) is 5.32 Å². The van der Waals surface area contributed by atoms with Crippen molar-refractivity contribution >= 4 is 5.95 Å². The summed E-state index contributed by atoms with van der Waals surface area (Å²) >= 11 is 0. The summed E-state index contributed by atoms with van der Waals surface area (Å²) in [5.41, 5.74) is 6.77. The van der Waals surface area contributed by atoms with Gasteiger partial charge in [-0.3, -0.25) is 0 Å². The first-order valence-corrected chi connectivity index (χ1v) is 6.79. The van der Waals surface area contributed by atoms with Gasteiger partial charge < -0.3 is 15.8 Å². The summed E-state index contributed by atoms with van der Waals surface area (Å²) in [5.74, 6) is 0.594. The molecule has 0 fully saturated rings. The largest absolute Gasteiger partial charge is 0.475 e.